The van der Waals surface area contributed by atoms with Gasteiger partial charge < -0.3 is 19.5 Å². The third-order valence-electron chi connectivity index (χ3n) is 6.38. The molecule has 1 saturated heterocycles. The second kappa shape index (κ2) is 8.39. The molecule has 2 aliphatic heterocycles. The van der Waals surface area contributed by atoms with Crippen LogP contribution in [0.3, 0.4) is 0 Å². The van der Waals surface area contributed by atoms with Crippen LogP contribution in [0, 0.1) is 12.3 Å². The lowest BCUT2D eigenvalue weighted by Gasteiger charge is -2.34. The molecule has 0 saturated carbocycles. The lowest BCUT2D eigenvalue weighted by Crippen LogP contribution is -2.42. The van der Waals surface area contributed by atoms with Crippen molar-refractivity contribution in [3.63, 3.8) is 0 Å². The number of rotatable bonds is 4. The number of nitrogens with zero attached hydrogens (tertiary/aromatic N) is 1. The highest BCUT2D eigenvalue weighted by atomic mass is 16.5. The van der Waals surface area contributed by atoms with E-state index >= 15 is 0 Å². The van der Waals surface area contributed by atoms with Crippen molar-refractivity contribution in [3.05, 3.63) is 64.2 Å². The number of benzene rings is 2. The molecule has 0 aromatic heterocycles. The van der Waals surface area contributed by atoms with Gasteiger partial charge in [-0.3, -0.25) is 4.79 Å². The number of hydrogen-bond acceptors (Lipinski definition) is 4. The van der Waals surface area contributed by atoms with E-state index in [0.717, 1.165) is 43.0 Å². The summed E-state index contributed by atoms with van der Waals surface area (Å²) in [5.41, 5.74) is 6.63. The van der Waals surface area contributed by atoms with Gasteiger partial charge in [0, 0.05) is 25.2 Å². The smallest absolute Gasteiger partial charge is 0.310 e. The third-order valence-corrected chi connectivity index (χ3v) is 6.38. The summed E-state index contributed by atoms with van der Waals surface area (Å²) in [5.74, 6) is 0.950. The SMILES string of the molecule is COc1ccc2c(c1)C(=C1CCN(CC(C)(C)C(=O)O)CC1)c1ccc(C)cc1CO2. The highest BCUT2D eigenvalue weighted by molar-refractivity contribution is 5.87. The van der Waals surface area contributed by atoms with Crippen LogP contribution in [0.4, 0.5) is 0 Å². The van der Waals surface area contributed by atoms with Crippen molar-refractivity contribution in [1.82, 2.24) is 4.90 Å². The molecule has 0 unspecified atom stereocenters. The minimum Gasteiger partial charge on any atom is -0.497 e. The number of hydrogen-bond donors (Lipinski definition) is 1. The summed E-state index contributed by atoms with van der Waals surface area (Å²) in [6.45, 7) is 8.53. The Bertz CT molecular complexity index is 1030. The third kappa shape index (κ3) is 4.33. The number of aliphatic carboxylic acids is 1. The van der Waals surface area contributed by atoms with Crippen LogP contribution in [0.1, 0.15) is 48.9 Å². The van der Waals surface area contributed by atoms with Gasteiger partial charge in [-0.1, -0.05) is 29.3 Å². The number of carboxylic acid groups (broad SMARTS) is 1. The highest BCUT2D eigenvalue weighted by Gasteiger charge is 2.32. The van der Waals surface area contributed by atoms with Crippen LogP contribution in [-0.4, -0.2) is 42.7 Å². The number of carboxylic acids is 1. The summed E-state index contributed by atoms with van der Waals surface area (Å²) >= 11 is 0. The molecule has 164 valence electrons. The van der Waals surface area contributed by atoms with E-state index in [9.17, 15) is 9.90 Å². The Kier molecular flexibility index (Phi) is 5.80. The van der Waals surface area contributed by atoms with Gasteiger partial charge in [-0.05, 0) is 68.5 Å². The number of fused-ring (bicyclic) bond motifs is 2. The van der Waals surface area contributed by atoms with Gasteiger partial charge in [0.2, 0.25) is 0 Å². The molecule has 1 N–H and O–H groups in total. The summed E-state index contributed by atoms with van der Waals surface area (Å²) < 4.78 is 11.7. The Morgan fingerprint density at radius 1 is 1.13 bits per heavy atom. The van der Waals surface area contributed by atoms with E-state index < -0.39 is 11.4 Å². The molecular weight excluding hydrogens is 390 g/mol. The minimum atomic E-state index is -0.747. The maximum Gasteiger partial charge on any atom is 0.310 e. The number of likely N-dealkylation sites (tertiary alicyclic amines) is 1. The van der Waals surface area contributed by atoms with E-state index in [4.69, 9.17) is 9.47 Å². The Labute approximate surface area is 184 Å². The second-order valence-electron chi connectivity index (χ2n) is 9.26. The molecule has 0 atom stereocenters. The van der Waals surface area contributed by atoms with E-state index in [0.29, 0.717) is 13.2 Å². The van der Waals surface area contributed by atoms with Gasteiger partial charge in [0.05, 0.1) is 12.5 Å². The number of carbonyl (C=O) groups is 1. The lowest BCUT2D eigenvalue weighted by molar-refractivity contribution is -0.148. The first kappa shape index (κ1) is 21.4. The van der Waals surface area contributed by atoms with Crippen molar-refractivity contribution >= 4 is 11.5 Å². The summed E-state index contributed by atoms with van der Waals surface area (Å²) in [5, 5.41) is 9.49. The van der Waals surface area contributed by atoms with Crippen LogP contribution in [0.5, 0.6) is 11.5 Å². The molecule has 2 aromatic carbocycles. The molecule has 0 amide bonds. The summed E-state index contributed by atoms with van der Waals surface area (Å²) in [7, 11) is 1.69. The molecular formula is C26H31NO4. The average Bonchev–Trinajstić information content (AvgIpc) is 2.90. The van der Waals surface area contributed by atoms with E-state index in [-0.39, 0.29) is 0 Å². The van der Waals surface area contributed by atoms with Gasteiger partial charge in [-0.15, -0.1) is 0 Å². The standard InChI is InChI=1S/C26H31NO4/c1-17-5-7-21-19(13-17)15-31-23-8-6-20(30-4)14-22(23)24(21)18-9-11-27(12-10-18)16-26(2,3)25(28)29/h5-8,13-14H,9-12,15-16H2,1-4H3,(H,28,29). The summed E-state index contributed by atoms with van der Waals surface area (Å²) in [4.78, 5) is 13.8. The van der Waals surface area contributed by atoms with Crippen LogP contribution < -0.4 is 9.47 Å². The van der Waals surface area contributed by atoms with Crippen molar-refractivity contribution in [2.75, 3.05) is 26.7 Å². The first-order chi connectivity index (χ1) is 14.8. The zero-order valence-corrected chi connectivity index (χ0v) is 18.8. The van der Waals surface area contributed by atoms with E-state index in [1.165, 1.54) is 27.8 Å². The fourth-order valence-corrected chi connectivity index (χ4v) is 4.58. The molecule has 4 rings (SSSR count). The quantitative estimate of drug-likeness (QED) is 0.761. The maximum absolute atomic E-state index is 11.5. The number of methoxy groups -OCH3 is 1. The molecule has 0 bridgehead atoms. The van der Waals surface area contributed by atoms with Gasteiger partial charge in [-0.2, -0.15) is 0 Å². The average molecular weight is 422 g/mol. The molecule has 0 radical (unpaired) electrons. The molecule has 2 aliphatic rings. The lowest BCUT2D eigenvalue weighted by atomic mass is 9.85. The number of ether oxygens (including phenoxy) is 2. The van der Waals surface area contributed by atoms with Crippen LogP contribution in [0.25, 0.3) is 5.57 Å². The Morgan fingerprint density at radius 2 is 1.87 bits per heavy atom. The zero-order valence-electron chi connectivity index (χ0n) is 18.8. The van der Waals surface area contributed by atoms with Gasteiger partial charge >= 0.3 is 5.97 Å². The summed E-state index contributed by atoms with van der Waals surface area (Å²) in [6.07, 6.45) is 1.82. The number of aryl methyl sites for hydroxylation is 1. The molecule has 31 heavy (non-hydrogen) atoms. The fourth-order valence-electron chi connectivity index (χ4n) is 4.58. The second-order valence-corrected chi connectivity index (χ2v) is 9.26. The molecule has 1 fully saturated rings. The fraction of sp³-hybridized carbons (Fsp3) is 0.423. The normalized spacial score (nSPS) is 16.8. The topological polar surface area (TPSA) is 59.0 Å². The van der Waals surface area contributed by atoms with Crippen LogP contribution >= 0.6 is 0 Å². The van der Waals surface area contributed by atoms with Gasteiger partial charge in [-0.25, -0.2) is 0 Å². The van der Waals surface area contributed by atoms with E-state index in [2.05, 4.69) is 36.1 Å². The Balaban J connectivity index is 1.73. The van der Waals surface area contributed by atoms with Gasteiger partial charge in [0.1, 0.15) is 18.1 Å². The largest absolute Gasteiger partial charge is 0.497 e. The monoisotopic (exact) mass is 421 g/mol. The molecule has 5 heteroatoms. The van der Waals surface area contributed by atoms with Gasteiger partial charge in [0.25, 0.3) is 0 Å². The molecule has 0 aliphatic carbocycles. The van der Waals surface area contributed by atoms with Gasteiger partial charge in [0.15, 0.2) is 0 Å². The van der Waals surface area contributed by atoms with Crippen LogP contribution in [0.15, 0.2) is 42.0 Å². The van der Waals surface area contributed by atoms with E-state index in [1.807, 2.05) is 12.1 Å². The van der Waals surface area contributed by atoms with Crippen LogP contribution in [-0.2, 0) is 11.4 Å². The first-order valence-corrected chi connectivity index (χ1v) is 10.9. The molecule has 0 spiro atoms. The van der Waals surface area contributed by atoms with Crippen molar-refractivity contribution in [1.29, 1.82) is 0 Å². The van der Waals surface area contributed by atoms with Crippen molar-refractivity contribution in [3.8, 4) is 11.5 Å². The molecule has 2 heterocycles. The number of piperidine rings is 1. The predicted molar refractivity (Wildman–Crippen MR) is 122 cm³/mol. The Hall–Kier alpha value is -2.79. The van der Waals surface area contributed by atoms with Crippen molar-refractivity contribution < 1.29 is 19.4 Å². The van der Waals surface area contributed by atoms with Crippen molar-refractivity contribution in [2.24, 2.45) is 5.41 Å². The highest BCUT2D eigenvalue weighted by Crippen LogP contribution is 2.42. The molecule has 5 nitrogen and oxygen atoms in total. The molecule has 2 aromatic rings. The zero-order chi connectivity index (χ0) is 22.2. The predicted octanol–water partition coefficient (Wildman–Crippen LogP) is 4.90. The summed E-state index contributed by atoms with van der Waals surface area (Å²) in [6, 6.07) is 12.6. The van der Waals surface area contributed by atoms with Crippen LogP contribution in [0.2, 0.25) is 0 Å². The van der Waals surface area contributed by atoms with Crippen molar-refractivity contribution in [2.45, 2.75) is 40.2 Å². The maximum atomic E-state index is 11.5. The van der Waals surface area contributed by atoms with E-state index in [1.54, 1.807) is 21.0 Å². The minimum absolute atomic E-state index is 0.548. The first-order valence-electron chi connectivity index (χ1n) is 10.9. The Morgan fingerprint density at radius 3 is 2.55 bits per heavy atom.